The van der Waals surface area contributed by atoms with Gasteiger partial charge < -0.3 is 4.90 Å². The van der Waals surface area contributed by atoms with Crippen LogP contribution in [0.15, 0.2) is 36.1 Å². The lowest BCUT2D eigenvalue weighted by Gasteiger charge is -2.17. The molecular formula is C10H15N. The van der Waals surface area contributed by atoms with Gasteiger partial charge in [-0.25, -0.2) is 0 Å². The molecule has 0 amide bonds. The van der Waals surface area contributed by atoms with Crippen molar-refractivity contribution in [1.29, 1.82) is 0 Å². The molecule has 0 saturated carbocycles. The molecule has 1 aliphatic heterocycles. The summed E-state index contributed by atoms with van der Waals surface area (Å²) in [5.41, 5.74) is 1.39. The maximum Gasteiger partial charge on any atom is 0.0420 e. The predicted octanol–water partition coefficient (Wildman–Crippen LogP) is 2.34. The summed E-state index contributed by atoms with van der Waals surface area (Å²) in [7, 11) is 2.09. The Morgan fingerprint density at radius 1 is 1.64 bits per heavy atom. The minimum Gasteiger partial charge on any atom is -0.376 e. The average Bonchev–Trinajstić information content (AvgIpc) is 2.01. The van der Waals surface area contributed by atoms with E-state index >= 15 is 0 Å². The summed E-state index contributed by atoms with van der Waals surface area (Å²) < 4.78 is 0. The van der Waals surface area contributed by atoms with Crippen LogP contribution in [0.4, 0.5) is 0 Å². The lowest BCUT2D eigenvalue weighted by atomic mass is 10.1. The average molecular weight is 149 g/mol. The quantitative estimate of drug-likeness (QED) is 0.582. The van der Waals surface area contributed by atoms with E-state index in [1.807, 2.05) is 0 Å². The monoisotopic (exact) mass is 149 g/mol. The minimum atomic E-state index is 1.03. The van der Waals surface area contributed by atoms with Crippen molar-refractivity contribution in [2.45, 2.75) is 13.3 Å². The van der Waals surface area contributed by atoms with E-state index in [9.17, 15) is 0 Å². The molecule has 11 heavy (non-hydrogen) atoms. The number of likely N-dealkylation sites (N-methyl/N-ethyl adjacent to an activating group) is 1. The summed E-state index contributed by atoms with van der Waals surface area (Å²) in [6, 6.07) is 0. The second-order valence-electron chi connectivity index (χ2n) is 2.81. The van der Waals surface area contributed by atoms with Crippen LogP contribution in [0, 0.1) is 0 Å². The summed E-state index contributed by atoms with van der Waals surface area (Å²) >= 11 is 0. The fraction of sp³-hybridized carbons (Fsp3) is 0.400. The lowest BCUT2D eigenvalue weighted by Crippen LogP contribution is -2.15. The standard InChI is InChI=1S/C10H15N/c1-3-4-6-10-7-5-8-11(2)9-10/h4-8H,3,9H2,1-2H3. The first-order valence-corrected chi connectivity index (χ1v) is 4.07. The van der Waals surface area contributed by atoms with Crippen molar-refractivity contribution >= 4 is 0 Å². The van der Waals surface area contributed by atoms with Crippen molar-refractivity contribution in [3.05, 3.63) is 36.1 Å². The smallest absolute Gasteiger partial charge is 0.0420 e. The van der Waals surface area contributed by atoms with Crippen LogP contribution >= 0.6 is 0 Å². The zero-order valence-electron chi connectivity index (χ0n) is 7.25. The van der Waals surface area contributed by atoms with Gasteiger partial charge in [0.05, 0.1) is 0 Å². The molecule has 60 valence electrons. The maximum atomic E-state index is 2.19. The summed E-state index contributed by atoms with van der Waals surface area (Å²) in [6.07, 6.45) is 11.8. The van der Waals surface area contributed by atoms with Gasteiger partial charge in [-0.3, -0.25) is 0 Å². The highest BCUT2D eigenvalue weighted by molar-refractivity contribution is 5.28. The maximum absolute atomic E-state index is 2.19. The van der Waals surface area contributed by atoms with Crippen LogP contribution in [0.25, 0.3) is 0 Å². The Balaban J connectivity index is 2.52. The number of nitrogens with zero attached hydrogens (tertiary/aromatic N) is 1. The molecule has 0 aromatic carbocycles. The van der Waals surface area contributed by atoms with Gasteiger partial charge in [-0.15, -0.1) is 0 Å². The summed E-state index contributed by atoms with van der Waals surface area (Å²) in [5.74, 6) is 0. The topological polar surface area (TPSA) is 3.24 Å². The highest BCUT2D eigenvalue weighted by Crippen LogP contribution is 2.06. The van der Waals surface area contributed by atoms with Gasteiger partial charge in [0.15, 0.2) is 0 Å². The van der Waals surface area contributed by atoms with Crippen LogP contribution in [0.5, 0.6) is 0 Å². The first kappa shape index (κ1) is 8.12. The Hall–Kier alpha value is -0.980. The Morgan fingerprint density at radius 3 is 3.09 bits per heavy atom. The Labute approximate surface area is 68.7 Å². The third-order valence-electron chi connectivity index (χ3n) is 1.65. The van der Waals surface area contributed by atoms with E-state index < -0.39 is 0 Å². The molecule has 0 aromatic heterocycles. The van der Waals surface area contributed by atoms with Gasteiger partial charge in [-0.2, -0.15) is 0 Å². The van der Waals surface area contributed by atoms with Gasteiger partial charge in [-0.05, 0) is 24.3 Å². The lowest BCUT2D eigenvalue weighted by molar-refractivity contribution is 0.495. The minimum absolute atomic E-state index is 1.03. The van der Waals surface area contributed by atoms with Crippen molar-refractivity contribution < 1.29 is 0 Å². The molecule has 0 aromatic rings. The highest BCUT2D eigenvalue weighted by Gasteiger charge is 1.98. The number of allylic oxidation sites excluding steroid dienone is 3. The third kappa shape index (κ3) is 2.62. The molecule has 0 spiro atoms. The Bertz CT molecular complexity index is 199. The molecular weight excluding hydrogens is 134 g/mol. The molecule has 1 rings (SSSR count). The Morgan fingerprint density at radius 2 is 2.45 bits per heavy atom. The zero-order chi connectivity index (χ0) is 8.10. The van der Waals surface area contributed by atoms with Crippen LogP contribution in [0.3, 0.4) is 0 Å². The molecule has 0 saturated heterocycles. The van der Waals surface area contributed by atoms with Crippen molar-refractivity contribution in [3.63, 3.8) is 0 Å². The molecule has 0 N–H and O–H groups in total. The first-order valence-electron chi connectivity index (χ1n) is 4.07. The molecule has 0 atom stereocenters. The van der Waals surface area contributed by atoms with E-state index in [1.165, 1.54) is 5.57 Å². The summed E-state index contributed by atoms with van der Waals surface area (Å²) in [6.45, 7) is 3.19. The van der Waals surface area contributed by atoms with Crippen molar-refractivity contribution in [1.82, 2.24) is 4.90 Å². The van der Waals surface area contributed by atoms with E-state index in [4.69, 9.17) is 0 Å². The molecule has 1 nitrogen and oxygen atoms in total. The summed E-state index contributed by atoms with van der Waals surface area (Å²) in [5, 5.41) is 0. The number of hydrogen-bond acceptors (Lipinski definition) is 1. The molecule has 0 unspecified atom stereocenters. The van der Waals surface area contributed by atoms with Gasteiger partial charge >= 0.3 is 0 Å². The van der Waals surface area contributed by atoms with Crippen LogP contribution in [-0.4, -0.2) is 18.5 Å². The van der Waals surface area contributed by atoms with Gasteiger partial charge in [0.25, 0.3) is 0 Å². The highest BCUT2D eigenvalue weighted by atomic mass is 15.1. The van der Waals surface area contributed by atoms with Crippen LogP contribution < -0.4 is 0 Å². The predicted molar refractivity (Wildman–Crippen MR) is 49.3 cm³/mol. The summed E-state index contributed by atoms with van der Waals surface area (Å²) in [4.78, 5) is 2.18. The Kier molecular flexibility index (Phi) is 2.96. The third-order valence-corrected chi connectivity index (χ3v) is 1.65. The molecule has 0 bridgehead atoms. The van der Waals surface area contributed by atoms with E-state index in [0.717, 1.165) is 13.0 Å². The van der Waals surface area contributed by atoms with Crippen LogP contribution in [0.1, 0.15) is 13.3 Å². The van der Waals surface area contributed by atoms with E-state index in [0.29, 0.717) is 0 Å². The fourth-order valence-electron chi connectivity index (χ4n) is 1.08. The van der Waals surface area contributed by atoms with Crippen molar-refractivity contribution in [2.24, 2.45) is 0 Å². The molecule has 0 aliphatic carbocycles. The molecule has 0 radical (unpaired) electrons. The van der Waals surface area contributed by atoms with Gasteiger partial charge in [-0.1, -0.05) is 25.2 Å². The fourth-order valence-corrected chi connectivity index (χ4v) is 1.08. The van der Waals surface area contributed by atoms with E-state index in [1.54, 1.807) is 0 Å². The van der Waals surface area contributed by atoms with Crippen molar-refractivity contribution in [3.8, 4) is 0 Å². The van der Waals surface area contributed by atoms with Gasteiger partial charge in [0.2, 0.25) is 0 Å². The van der Waals surface area contributed by atoms with Gasteiger partial charge in [0.1, 0.15) is 0 Å². The van der Waals surface area contributed by atoms with Gasteiger partial charge in [0, 0.05) is 13.6 Å². The molecule has 1 aliphatic rings. The van der Waals surface area contributed by atoms with Crippen LogP contribution in [0.2, 0.25) is 0 Å². The first-order chi connectivity index (χ1) is 5.33. The zero-order valence-corrected chi connectivity index (χ0v) is 7.25. The molecule has 1 heterocycles. The number of hydrogen-bond donors (Lipinski definition) is 0. The second kappa shape index (κ2) is 4.02. The van der Waals surface area contributed by atoms with E-state index in [-0.39, 0.29) is 0 Å². The van der Waals surface area contributed by atoms with Crippen LogP contribution in [-0.2, 0) is 0 Å². The molecule has 0 fully saturated rings. The normalized spacial score (nSPS) is 17.6. The second-order valence-corrected chi connectivity index (χ2v) is 2.81. The number of rotatable bonds is 2. The molecule has 1 heteroatoms. The largest absolute Gasteiger partial charge is 0.376 e. The van der Waals surface area contributed by atoms with E-state index in [2.05, 4.69) is 49.4 Å². The SMILES string of the molecule is CCC=CC1=CC=CN(C)C1. The van der Waals surface area contributed by atoms with Crippen molar-refractivity contribution in [2.75, 3.05) is 13.6 Å².